The Morgan fingerprint density at radius 3 is 2.54 bits per heavy atom. The van der Waals surface area contributed by atoms with Crippen LogP contribution in [0.2, 0.25) is 0 Å². The number of alkyl halides is 3. The molecule has 8 heteroatoms. The van der Waals surface area contributed by atoms with E-state index < -0.39 is 17.3 Å². The fourth-order valence-electron chi connectivity index (χ4n) is 7.51. The molecule has 3 unspecified atom stereocenters. The van der Waals surface area contributed by atoms with E-state index in [0.29, 0.717) is 60.6 Å². The highest BCUT2D eigenvalue weighted by Crippen LogP contribution is 2.45. The summed E-state index contributed by atoms with van der Waals surface area (Å²) in [6.07, 6.45) is 8.04. The van der Waals surface area contributed by atoms with Crippen LogP contribution in [-0.2, 0) is 38.1 Å². The second kappa shape index (κ2) is 11.7. The van der Waals surface area contributed by atoms with Gasteiger partial charge in [0.2, 0.25) is 0 Å². The average molecular weight is 548 g/mol. The van der Waals surface area contributed by atoms with Gasteiger partial charge in [0.1, 0.15) is 5.60 Å². The number of hydrogen-bond donors (Lipinski definition) is 0. The first-order valence-corrected chi connectivity index (χ1v) is 14.8. The summed E-state index contributed by atoms with van der Waals surface area (Å²) in [5, 5.41) is 0. The van der Waals surface area contributed by atoms with Crippen LogP contribution in [0.1, 0.15) is 101 Å². The number of fused-ring (bicyclic) bond motifs is 1. The number of ether oxygens (including phenoxy) is 2. The van der Waals surface area contributed by atoms with Crippen LogP contribution in [-0.4, -0.2) is 35.6 Å². The number of aryl methyl sites for hydroxylation is 1. The monoisotopic (exact) mass is 547 g/mol. The molecule has 0 N–H and O–H groups in total. The fourth-order valence-corrected chi connectivity index (χ4v) is 7.51. The van der Waals surface area contributed by atoms with Gasteiger partial charge in [-0.15, -0.1) is 0 Å². The first-order chi connectivity index (χ1) is 18.7. The van der Waals surface area contributed by atoms with Crippen LogP contribution in [0.5, 0.6) is 0 Å². The van der Waals surface area contributed by atoms with E-state index in [-0.39, 0.29) is 24.1 Å². The van der Waals surface area contributed by atoms with E-state index in [1.54, 1.807) is 6.92 Å². The van der Waals surface area contributed by atoms with Gasteiger partial charge >= 0.3 is 12.1 Å². The number of carbonyl (C=O) groups excluding carboxylic acids is 2. The second-order valence-electron chi connectivity index (χ2n) is 12.1. The highest BCUT2D eigenvalue weighted by Gasteiger charge is 2.48. The van der Waals surface area contributed by atoms with Gasteiger partial charge in [-0.1, -0.05) is 19.3 Å². The lowest BCUT2D eigenvalue weighted by atomic mass is 9.78. The minimum atomic E-state index is -4.42. The minimum Gasteiger partial charge on any atom is -0.451 e. The molecule has 39 heavy (non-hydrogen) atoms. The van der Waals surface area contributed by atoms with Crippen molar-refractivity contribution in [2.24, 2.45) is 17.8 Å². The van der Waals surface area contributed by atoms with Gasteiger partial charge in [0, 0.05) is 42.7 Å². The van der Waals surface area contributed by atoms with Gasteiger partial charge < -0.3 is 9.47 Å². The quantitative estimate of drug-likeness (QED) is 0.373. The van der Waals surface area contributed by atoms with E-state index in [0.717, 1.165) is 70.1 Å². The van der Waals surface area contributed by atoms with Crippen molar-refractivity contribution in [1.29, 1.82) is 0 Å². The van der Waals surface area contributed by atoms with Crippen LogP contribution in [0, 0.1) is 17.8 Å². The van der Waals surface area contributed by atoms with E-state index in [1.807, 2.05) is 0 Å². The van der Waals surface area contributed by atoms with Gasteiger partial charge in [0.25, 0.3) is 0 Å². The standard InChI is InChI=1S/C31H40F3NO4/c1-20-28(27(36)10-8-21-7-9-26-24(17-21)18-25(19-35-26)31(32,33)34)30(39-29(20)37)13-3-2-5-22(6-4-14-30)23-11-15-38-16-12-23/h18-19,21-23H,2-17H2,1H3. The molecule has 214 valence electrons. The Labute approximate surface area is 228 Å². The highest BCUT2D eigenvalue weighted by atomic mass is 19.4. The Kier molecular flexibility index (Phi) is 8.51. The minimum absolute atomic E-state index is 0.0356. The molecular weight excluding hydrogens is 507 g/mol. The molecule has 5 nitrogen and oxygen atoms in total. The van der Waals surface area contributed by atoms with E-state index in [9.17, 15) is 22.8 Å². The zero-order chi connectivity index (χ0) is 27.6. The zero-order valence-corrected chi connectivity index (χ0v) is 22.9. The fraction of sp³-hybridized carbons (Fsp3) is 0.710. The van der Waals surface area contributed by atoms with Crippen LogP contribution in [0.15, 0.2) is 23.4 Å². The summed E-state index contributed by atoms with van der Waals surface area (Å²) in [5.74, 6) is 1.05. The molecule has 2 fully saturated rings. The van der Waals surface area contributed by atoms with Crippen molar-refractivity contribution >= 4 is 11.8 Å². The number of rotatable bonds is 5. The number of halogens is 3. The molecule has 1 aromatic heterocycles. The number of Topliss-reactive ketones (excluding diaryl/α,β-unsaturated/α-hetero) is 1. The van der Waals surface area contributed by atoms with Crippen LogP contribution in [0.3, 0.4) is 0 Å². The average Bonchev–Trinajstić information content (AvgIpc) is 3.22. The number of pyridine rings is 1. The van der Waals surface area contributed by atoms with Crippen molar-refractivity contribution in [2.45, 2.75) is 109 Å². The highest BCUT2D eigenvalue weighted by molar-refractivity contribution is 6.08. The molecule has 0 aromatic carbocycles. The summed E-state index contributed by atoms with van der Waals surface area (Å²) in [6, 6.07) is 1.21. The molecule has 4 aliphatic rings. The predicted octanol–water partition coefficient (Wildman–Crippen LogP) is 6.95. The molecule has 3 atom stereocenters. The van der Waals surface area contributed by atoms with E-state index in [1.165, 1.54) is 12.5 Å². The Balaban J connectivity index is 1.24. The Bertz CT molecular complexity index is 1110. The second-order valence-corrected chi connectivity index (χ2v) is 12.1. The molecule has 1 saturated carbocycles. The molecule has 0 radical (unpaired) electrons. The Hall–Kier alpha value is -2.22. The summed E-state index contributed by atoms with van der Waals surface area (Å²) in [5.41, 5.74) is 0.815. The first kappa shape index (κ1) is 28.3. The number of esters is 1. The van der Waals surface area contributed by atoms with Gasteiger partial charge in [-0.05, 0) is 101 Å². The Morgan fingerprint density at radius 1 is 1.05 bits per heavy atom. The normalized spacial score (nSPS) is 29.0. The summed E-state index contributed by atoms with van der Waals surface area (Å²) < 4.78 is 51.1. The summed E-state index contributed by atoms with van der Waals surface area (Å²) in [6.45, 7) is 3.40. The molecule has 3 heterocycles. The van der Waals surface area contributed by atoms with E-state index in [2.05, 4.69) is 4.98 Å². The number of aromatic nitrogens is 1. The van der Waals surface area contributed by atoms with Crippen LogP contribution in [0.4, 0.5) is 13.2 Å². The molecule has 2 aliphatic carbocycles. The smallest absolute Gasteiger partial charge is 0.417 e. The van der Waals surface area contributed by atoms with Crippen molar-refractivity contribution < 1.29 is 32.2 Å². The van der Waals surface area contributed by atoms with Gasteiger partial charge in [0.15, 0.2) is 5.78 Å². The number of ketones is 1. The van der Waals surface area contributed by atoms with Crippen LogP contribution in [0.25, 0.3) is 0 Å². The van der Waals surface area contributed by atoms with Crippen molar-refractivity contribution in [3.8, 4) is 0 Å². The number of nitrogens with zero attached hydrogens (tertiary/aromatic N) is 1. The Morgan fingerprint density at radius 2 is 1.77 bits per heavy atom. The summed E-state index contributed by atoms with van der Waals surface area (Å²) in [7, 11) is 0. The topological polar surface area (TPSA) is 65.5 Å². The number of hydrogen-bond acceptors (Lipinski definition) is 5. The van der Waals surface area contributed by atoms with Crippen molar-refractivity contribution in [2.75, 3.05) is 13.2 Å². The van der Waals surface area contributed by atoms with Gasteiger partial charge in [-0.3, -0.25) is 9.78 Å². The number of carbonyl (C=O) groups is 2. The van der Waals surface area contributed by atoms with Crippen LogP contribution < -0.4 is 0 Å². The zero-order valence-electron chi connectivity index (χ0n) is 22.9. The van der Waals surface area contributed by atoms with Crippen LogP contribution >= 0.6 is 0 Å². The maximum atomic E-state index is 13.7. The molecule has 0 bridgehead atoms. The predicted molar refractivity (Wildman–Crippen MR) is 140 cm³/mol. The lowest BCUT2D eigenvalue weighted by molar-refractivity contribution is -0.148. The third-order valence-electron chi connectivity index (χ3n) is 9.66. The third kappa shape index (κ3) is 6.26. The molecule has 1 saturated heterocycles. The molecular formula is C31H40F3NO4. The molecule has 0 amide bonds. The molecule has 5 rings (SSSR count). The SMILES string of the molecule is CC1=C(C(=O)CCC2CCc3ncc(C(F)(F)F)cc3C2)C2(CCCCC(C3CCOCC3)CCC2)OC1=O. The van der Waals surface area contributed by atoms with Crippen molar-refractivity contribution in [3.05, 3.63) is 40.2 Å². The molecule has 1 aromatic rings. The van der Waals surface area contributed by atoms with Crippen molar-refractivity contribution in [3.63, 3.8) is 0 Å². The lowest BCUT2D eigenvalue weighted by Gasteiger charge is -2.32. The summed E-state index contributed by atoms with van der Waals surface area (Å²) >= 11 is 0. The molecule has 1 spiro atoms. The maximum absolute atomic E-state index is 13.7. The lowest BCUT2D eigenvalue weighted by Crippen LogP contribution is -2.35. The van der Waals surface area contributed by atoms with E-state index >= 15 is 0 Å². The van der Waals surface area contributed by atoms with E-state index in [4.69, 9.17) is 9.47 Å². The van der Waals surface area contributed by atoms with Gasteiger partial charge in [0.05, 0.1) is 5.56 Å². The third-order valence-corrected chi connectivity index (χ3v) is 9.66. The maximum Gasteiger partial charge on any atom is 0.417 e. The van der Waals surface area contributed by atoms with Crippen molar-refractivity contribution in [1.82, 2.24) is 4.98 Å². The molecule has 2 aliphatic heterocycles. The largest absolute Gasteiger partial charge is 0.451 e. The van der Waals surface area contributed by atoms with Gasteiger partial charge in [-0.2, -0.15) is 13.2 Å². The van der Waals surface area contributed by atoms with Gasteiger partial charge in [-0.25, -0.2) is 4.79 Å². The first-order valence-electron chi connectivity index (χ1n) is 14.8. The summed E-state index contributed by atoms with van der Waals surface area (Å²) in [4.78, 5) is 30.5.